The van der Waals surface area contributed by atoms with Crippen molar-refractivity contribution in [1.29, 1.82) is 0 Å². The standard InChI is InChI=1S/C37H35NO2S/c1-36(2,28-16-10-6-11-17-28)30-20-22-32-34(24-30)41(39,40)35-25-31(37(3,4)29-18-12-7-13-19-29)21-23-33(35)38(32)26-27-14-8-5-9-15-27/h5-25H,26H2,1-4H3. The van der Waals surface area contributed by atoms with Crippen LogP contribution in [0.15, 0.2) is 137 Å². The van der Waals surface area contributed by atoms with Gasteiger partial charge in [-0.05, 0) is 52.1 Å². The second-order valence-corrected chi connectivity index (χ2v) is 13.8. The number of benzene rings is 5. The summed E-state index contributed by atoms with van der Waals surface area (Å²) in [6.45, 7) is 9.16. The molecule has 5 aromatic carbocycles. The molecule has 0 saturated heterocycles. The average molecular weight is 558 g/mol. The molecule has 4 heteroatoms. The molecule has 5 aromatic rings. The second kappa shape index (κ2) is 10.0. The maximum Gasteiger partial charge on any atom is 0.210 e. The molecule has 1 aliphatic heterocycles. The fraction of sp³-hybridized carbons (Fsp3) is 0.189. The van der Waals surface area contributed by atoms with Crippen LogP contribution in [0.1, 0.15) is 55.5 Å². The molecule has 0 saturated carbocycles. The van der Waals surface area contributed by atoms with Gasteiger partial charge in [0.25, 0.3) is 0 Å². The summed E-state index contributed by atoms with van der Waals surface area (Å²) in [6.07, 6.45) is 0. The van der Waals surface area contributed by atoms with Crippen LogP contribution in [0.2, 0.25) is 0 Å². The first-order valence-corrected chi connectivity index (χ1v) is 15.5. The van der Waals surface area contributed by atoms with Gasteiger partial charge in [0, 0.05) is 17.4 Å². The number of sulfone groups is 1. The molecule has 0 N–H and O–H groups in total. The predicted molar refractivity (Wildman–Crippen MR) is 168 cm³/mol. The number of nitrogens with zero attached hydrogens (tertiary/aromatic N) is 1. The largest absolute Gasteiger partial charge is 0.335 e. The second-order valence-electron chi connectivity index (χ2n) is 11.9. The van der Waals surface area contributed by atoms with Gasteiger partial charge in [0.15, 0.2) is 0 Å². The molecule has 1 heterocycles. The average Bonchev–Trinajstić information content (AvgIpc) is 3.00. The van der Waals surface area contributed by atoms with Crippen molar-refractivity contribution in [2.45, 2.75) is 54.9 Å². The van der Waals surface area contributed by atoms with Crippen molar-refractivity contribution in [1.82, 2.24) is 0 Å². The van der Waals surface area contributed by atoms with E-state index in [9.17, 15) is 8.42 Å². The first-order valence-electron chi connectivity index (χ1n) is 14.1. The Morgan fingerprint density at radius 1 is 0.512 bits per heavy atom. The van der Waals surface area contributed by atoms with Crippen molar-refractivity contribution >= 4 is 21.2 Å². The summed E-state index contributed by atoms with van der Waals surface area (Å²) < 4.78 is 29.0. The Morgan fingerprint density at radius 3 is 1.32 bits per heavy atom. The van der Waals surface area contributed by atoms with Crippen LogP contribution < -0.4 is 4.90 Å². The molecule has 0 aromatic heterocycles. The Balaban J connectivity index is 1.54. The van der Waals surface area contributed by atoms with Crippen LogP contribution in [0.3, 0.4) is 0 Å². The molecule has 0 atom stereocenters. The number of rotatable bonds is 6. The van der Waals surface area contributed by atoms with Gasteiger partial charge in [-0.25, -0.2) is 8.42 Å². The van der Waals surface area contributed by atoms with Gasteiger partial charge in [0.2, 0.25) is 9.84 Å². The Labute approximate surface area is 244 Å². The molecule has 0 unspecified atom stereocenters. The van der Waals surface area contributed by atoms with Crippen LogP contribution in [0.5, 0.6) is 0 Å². The molecule has 1 aliphatic rings. The third kappa shape index (κ3) is 4.66. The van der Waals surface area contributed by atoms with Gasteiger partial charge in [-0.3, -0.25) is 0 Å². The van der Waals surface area contributed by atoms with E-state index < -0.39 is 9.84 Å². The van der Waals surface area contributed by atoms with E-state index >= 15 is 0 Å². The van der Waals surface area contributed by atoms with Crippen LogP contribution in [0.25, 0.3) is 0 Å². The van der Waals surface area contributed by atoms with Crippen molar-refractivity contribution in [2.75, 3.05) is 4.90 Å². The van der Waals surface area contributed by atoms with Gasteiger partial charge in [0.1, 0.15) is 0 Å². The van der Waals surface area contributed by atoms with Gasteiger partial charge < -0.3 is 4.90 Å². The lowest BCUT2D eigenvalue weighted by molar-refractivity contribution is 0.590. The van der Waals surface area contributed by atoms with Crippen LogP contribution in [-0.2, 0) is 27.2 Å². The molecule has 3 nitrogen and oxygen atoms in total. The summed E-state index contributed by atoms with van der Waals surface area (Å²) in [6, 6.07) is 42.7. The summed E-state index contributed by atoms with van der Waals surface area (Å²) in [5, 5.41) is 0. The minimum Gasteiger partial charge on any atom is -0.335 e. The Hall–Kier alpha value is -4.15. The van der Waals surface area contributed by atoms with E-state index in [1.54, 1.807) is 0 Å². The number of hydrogen-bond donors (Lipinski definition) is 0. The number of anilines is 2. The topological polar surface area (TPSA) is 37.4 Å². The van der Waals surface area contributed by atoms with Gasteiger partial charge >= 0.3 is 0 Å². The number of fused-ring (bicyclic) bond motifs is 2. The Morgan fingerprint density at radius 2 is 0.902 bits per heavy atom. The molecule has 0 amide bonds. The molecule has 0 radical (unpaired) electrons. The molecular weight excluding hydrogens is 522 g/mol. The van der Waals surface area contributed by atoms with Crippen molar-refractivity contribution in [2.24, 2.45) is 0 Å². The van der Waals surface area contributed by atoms with Crippen molar-refractivity contribution < 1.29 is 8.42 Å². The maximum absolute atomic E-state index is 14.5. The summed E-state index contributed by atoms with van der Waals surface area (Å²) >= 11 is 0. The fourth-order valence-electron chi connectivity index (χ4n) is 5.91. The summed E-state index contributed by atoms with van der Waals surface area (Å²) in [4.78, 5) is 2.87. The zero-order chi connectivity index (χ0) is 28.8. The highest BCUT2D eigenvalue weighted by molar-refractivity contribution is 7.92. The van der Waals surface area contributed by atoms with Gasteiger partial charge in [-0.15, -0.1) is 0 Å². The molecular formula is C37H35NO2S. The SMILES string of the molecule is CC(C)(c1ccccc1)c1ccc2c(c1)S(=O)(=O)c1cc(C(C)(C)c3ccccc3)ccc1N2Cc1ccccc1. The van der Waals surface area contributed by atoms with Gasteiger partial charge in [-0.2, -0.15) is 0 Å². The molecule has 0 aliphatic carbocycles. The van der Waals surface area contributed by atoms with Crippen LogP contribution in [-0.4, -0.2) is 8.42 Å². The highest BCUT2D eigenvalue weighted by Crippen LogP contribution is 2.48. The van der Waals surface area contributed by atoms with E-state index in [2.05, 4.69) is 81.1 Å². The Bertz CT molecular complexity index is 1700. The van der Waals surface area contributed by atoms with Crippen molar-refractivity contribution in [3.8, 4) is 0 Å². The third-order valence-corrected chi connectivity index (χ3v) is 10.5. The highest BCUT2D eigenvalue weighted by atomic mass is 32.2. The lowest BCUT2D eigenvalue weighted by atomic mass is 9.78. The molecule has 206 valence electrons. The molecule has 0 bridgehead atoms. The first kappa shape index (κ1) is 27.0. The van der Waals surface area contributed by atoms with Gasteiger partial charge in [-0.1, -0.05) is 131 Å². The zero-order valence-electron chi connectivity index (χ0n) is 24.0. The van der Waals surface area contributed by atoms with Crippen LogP contribution in [0.4, 0.5) is 11.4 Å². The summed E-state index contributed by atoms with van der Waals surface area (Å²) in [5.41, 5.74) is 6.02. The molecule has 41 heavy (non-hydrogen) atoms. The summed E-state index contributed by atoms with van der Waals surface area (Å²) in [5.74, 6) is 0. The highest BCUT2D eigenvalue weighted by Gasteiger charge is 2.37. The monoisotopic (exact) mass is 557 g/mol. The smallest absolute Gasteiger partial charge is 0.210 e. The van der Waals surface area contributed by atoms with E-state index in [1.807, 2.05) is 78.9 Å². The summed E-state index contributed by atoms with van der Waals surface area (Å²) in [7, 11) is -3.80. The van der Waals surface area contributed by atoms with E-state index in [4.69, 9.17) is 0 Å². The molecule has 6 rings (SSSR count). The minimum absolute atomic E-state index is 0.358. The van der Waals surface area contributed by atoms with Crippen molar-refractivity contribution in [3.05, 3.63) is 155 Å². The molecule has 0 spiro atoms. The quantitative estimate of drug-likeness (QED) is 0.209. The van der Waals surface area contributed by atoms with Gasteiger partial charge in [0.05, 0.1) is 21.2 Å². The van der Waals surface area contributed by atoms with E-state index in [0.29, 0.717) is 27.7 Å². The van der Waals surface area contributed by atoms with E-state index in [-0.39, 0.29) is 10.8 Å². The van der Waals surface area contributed by atoms with Crippen LogP contribution in [0, 0.1) is 0 Å². The maximum atomic E-state index is 14.5. The first-order chi connectivity index (χ1) is 19.6. The number of hydrogen-bond acceptors (Lipinski definition) is 3. The normalized spacial score (nSPS) is 14.3. The Kier molecular flexibility index (Phi) is 6.62. The fourth-order valence-corrected chi connectivity index (χ4v) is 7.62. The third-order valence-electron chi connectivity index (χ3n) is 8.70. The lowest BCUT2D eigenvalue weighted by Gasteiger charge is -2.36. The zero-order valence-corrected chi connectivity index (χ0v) is 24.8. The predicted octanol–water partition coefficient (Wildman–Crippen LogP) is 8.82. The van der Waals surface area contributed by atoms with E-state index in [0.717, 1.165) is 27.8 Å². The van der Waals surface area contributed by atoms with Crippen LogP contribution >= 0.6 is 0 Å². The van der Waals surface area contributed by atoms with E-state index in [1.165, 1.54) is 0 Å². The minimum atomic E-state index is -3.80. The lowest BCUT2D eigenvalue weighted by Crippen LogP contribution is -2.28. The van der Waals surface area contributed by atoms with Crippen molar-refractivity contribution in [3.63, 3.8) is 0 Å². The molecule has 0 fully saturated rings.